The van der Waals surface area contributed by atoms with Crippen LogP contribution in [0.1, 0.15) is 27.2 Å². The lowest BCUT2D eigenvalue weighted by Gasteiger charge is -2.10. The summed E-state index contributed by atoms with van der Waals surface area (Å²) < 4.78 is 1.82. The Hall–Kier alpha value is -0.840. The van der Waals surface area contributed by atoms with E-state index in [-0.39, 0.29) is 6.04 Å². The van der Waals surface area contributed by atoms with E-state index < -0.39 is 0 Å². The molecule has 2 N–H and O–H groups in total. The number of rotatable bonds is 3. The predicted octanol–water partition coefficient (Wildman–Crippen LogP) is 2.99. The summed E-state index contributed by atoms with van der Waals surface area (Å²) >= 11 is 7.95. The molecule has 92 valence electrons. The van der Waals surface area contributed by atoms with Crippen LogP contribution in [-0.2, 0) is 13.5 Å². The Labute approximate surface area is 110 Å². The van der Waals surface area contributed by atoms with Gasteiger partial charge in [-0.2, -0.15) is 5.10 Å². The SMILES string of the molecule is Cc1ccc(C(N)Cc2c(Cl)c(C)nn2C)s1. The largest absolute Gasteiger partial charge is 0.323 e. The van der Waals surface area contributed by atoms with E-state index in [1.165, 1.54) is 9.75 Å². The van der Waals surface area contributed by atoms with Gasteiger partial charge in [0.15, 0.2) is 0 Å². The number of halogens is 1. The normalized spacial score (nSPS) is 13.0. The highest BCUT2D eigenvalue weighted by Crippen LogP contribution is 2.27. The van der Waals surface area contributed by atoms with Gasteiger partial charge in [-0.1, -0.05) is 11.6 Å². The summed E-state index contributed by atoms with van der Waals surface area (Å²) in [5.41, 5.74) is 8.06. The van der Waals surface area contributed by atoms with Crippen LogP contribution < -0.4 is 5.73 Å². The number of nitrogens with two attached hydrogens (primary N) is 1. The molecule has 1 unspecified atom stereocenters. The standard InChI is InChI=1S/C12H16ClN3S/c1-7-4-5-11(17-7)9(14)6-10-12(13)8(2)15-16(10)3/h4-5,9H,6,14H2,1-3H3. The van der Waals surface area contributed by atoms with E-state index in [1.807, 2.05) is 18.7 Å². The Balaban J connectivity index is 2.21. The van der Waals surface area contributed by atoms with Crippen molar-refractivity contribution in [2.45, 2.75) is 26.3 Å². The third-order valence-corrected chi connectivity index (χ3v) is 4.43. The van der Waals surface area contributed by atoms with Crippen LogP contribution in [0.25, 0.3) is 0 Å². The maximum atomic E-state index is 6.22. The minimum absolute atomic E-state index is 0.0130. The van der Waals surface area contributed by atoms with Gasteiger partial charge in [-0.3, -0.25) is 4.68 Å². The molecule has 2 aromatic rings. The van der Waals surface area contributed by atoms with E-state index >= 15 is 0 Å². The predicted molar refractivity (Wildman–Crippen MR) is 72.6 cm³/mol. The van der Waals surface area contributed by atoms with Crippen LogP contribution >= 0.6 is 22.9 Å². The highest BCUT2D eigenvalue weighted by atomic mass is 35.5. The van der Waals surface area contributed by atoms with E-state index in [4.69, 9.17) is 17.3 Å². The smallest absolute Gasteiger partial charge is 0.0847 e. The average molecular weight is 270 g/mol. The Morgan fingerprint density at radius 1 is 1.47 bits per heavy atom. The van der Waals surface area contributed by atoms with Crippen molar-refractivity contribution >= 4 is 22.9 Å². The van der Waals surface area contributed by atoms with Crippen LogP contribution in [0.5, 0.6) is 0 Å². The topological polar surface area (TPSA) is 43.8 Å². The molecule has 3 nitrogen and oxygen atoms in total. The summed E-state index contributed by atoms with van der Waals surface area (Å²) in [7, 11) is 1.90. The van der Waals surface area contributed by atoms with Crippen LogP contribution in [0.3, 0.4) is 0 Å². The summed E-state index contributed by atoms with van der Waals surface area (Å²) in [6.45, 7) is 3.99. The first kappa shape index (κ1) is 12.6. The molecule has 0 saturated carbocycles. The van der Waals surface area contributed by atoms with Crippen molar-refractivity contribution in [3.05, 3.63) is 38.3 Å². The van der Waals surface area contributed by atoms with Gasteiger partial charge in [0.2, 0.25) is 0 Å². The van der Waals surface area contributed by atoms with Gasteiger partial charge in [0, 0.05) is 29.3 Å². The van der Waals surface area contributed by atoms with E-state index in [2.05, 4.69) is 24.2 Å². The van der Waals surface area contributed by atoms with Gasteiger partial charge in [0.25, 0.3) is 0 Å². The lowest BCUT2D eigenvalue weighted by molar-refractivity contribution is 0.646. The molecule has 17 heavy (non-hydrogen) atoms. The Bertz CT molecular complexity index is 530. The second kappa shape index (κ2) is 4.80. The molecule has 0 aliphatic rings. The molecule has 0 saturated heterocycles. The molecule has 0 bridgehead atoms. The maximum Gasteiger partial charge on any atom is 0.0847 e. The molecule has 2 rings (SSSR count). The Morgan fingerprint density at radius 3 is 2.65 bits per heavy atom. The highest BCUT2D eigenvalue weighted by Gasteiger charge is 2.16. The summed E-state index contributed by atoms with van der Waals surface area (Å²) in [5.74, 6) is 0. The Kier molecular flexibility index (Phi) is 3.56. The fraction of sp³-hybridized carbons (Fsp3) is 0.417. The second-order valence-corrected chi connectivity index (χ2v) is 5.93. The zero-order valence-corrected chi connectivity index (χ0v) is 11.8. The van der Waals surface area contributed by atoms with Crippen molar-refractivity contribution in [2.75, 3.05) is 0 Å². The van der Waals surface area contributed by atoms with Crippen molar-refractivity contribution in [3.63, 3.8) is 0 Å². The number of nitrogens with zero attached hydrogens (tertiary/aromatic N) is 2. The minimum atomic E-state index is -0.0130. The molecule has 0 spiro atoms. The van der Waals surface area contributed by atoms with Gasteiger partial charge in [0.1, 0.15) is 0 Å². The van der Waals surface area contributed by atoms with Gasteiger partial charge in [0.05, 0.1) is 16.4 Å². The second-order valence-electron chi connectivity index (χ2n) is 4.23. The van der Waals surface area contributed by atoms with Crippen LogP contribution in [0.2, 0.25) is 5.02 Å². The summed E-state index contributed by atoms with van der Waals surface area (Å²) in [5, 5.41) is 5.03. The van der Waals surface area contributed by atoms with Gasteiger partial charge < -0.3 is 5.73 Å². The summed E-state index contributed by atoms with van der Waals surface area (Å²) in [4.78, 5) is 2.47. The van der Waals surface area contributed by atoms with Gasteiger partial charge in [-0.15, -0.1) is 11.3 Å². The monoisotopic (exact) mass is 269 g/mol. The van der Waals surface area contributed by atoms with Crippen molar-refractivity contribution < 1.29 is 0 Å². The molecule has 2 heterocycles. The fourth-order valence-corrected chi connectivity index (χ4v) is 2.98. The summed E-state index contributed by atoms with van der Waals surface area (Å²) in [6, 6.07) is 4.17. The number of hydrogen-bond acceptors (Lipinski definition) is 3. The third kappa shape index (κ3) is 2.54. The van der Waals surface area contributed by atoms with Crippen LogP contribution in [0.15, 0.2) is 12.1 Å². The molecular formula is C12H16ClN3S. The first-order valence-electron chi connectivity index (χ1n) is 5.49. The zero-order valence-electron chi connectivity index (χ0n) is 10.2. The molecular weight excluding hydrogens is 254 g/mol. The van der Waals surface area contributed by atoms with Gasteiger partial charge >= 0.3 is 0 Å². The first-order valence-corrected chi connectivity index (χ1v) is 6.68. The van der Waals surface area contributed by atoms with Gasteiger partial charge in [-0.05, 0) is 26.0 Å². The number of hydrogen-bond donors (Lipinski definition) is 1. The maximum absolute atomic E-state index is 6.22. The van der Waals surface area contributed by atoms with Crippen molar-refractivity contribution in [1.82, 2.24) is 9.78 Å². The summed E-state index contributed by atoms with van der Waals surface area (Å²) in [6.07, 6.45) is 0.718. The van der Waals surface area contributed by atoms with E-state index in [0.717, 1.165) is 22.8 Å². The van der Waals surface area contributed by atoms with E-state index in [9.17, 15) is 0 Å². The van der Waals surface area contributed by atoms with E-state index in [1.54, 1.807) is 11.3 Å². The zero-order chi connectivity index (χ0) is 12.6. The number of aryl methyl sites for hydroxylation is 3. The van der Waals surface area contributed by atoms with E-state index in [0.29, 0.717) is 0 Å². The molecule has 0 aliphatic heterocycles. The molecule has 1 atom stereocenters. The quantitative estimate of drug-likeness (QED) is 0.931. The van der Waals surface area contributed by atoms with Crippen molar-refractivity contribution in [3.8, 4) is 0 Å². The molecule has 2 aromatic heterocycles. The molecule has 0 fully saturated rings. The fourth-order valence-electron chi connectivity index (χ4n) is 1.86. The number of thiophene rings is 1. The molecule has 0 aliphatic carbocycles. The lowest BCUT2D eigenvalue weighted by Crippen LogP contribution is -2.14. The molecule has 0 radical (unpaired) electrons. The van der Waals surface area contributed by atoms with Crippen LogP contribution in [0.4, 0.5) is 0 Å². The Morgan fingerprint density at radius 2 is 2.18 bits per heavy atom. The average Bonchev–Trinajstić information content (AvgIpc) is 2.79. The first-order chi connectivity index (χ1) is 7.99. The van der Waals surface area contributed by atoms with Crippen LogP contribution in [-0.4, -0.2) is 9.78 Å². The molecule has 5 heteroatoms. The van der Waals surface area contributed by atoms with Crippen LogP contribution in [0, 0.1) is 13.8 Å². The van der Waals surface area contributed by atoms with Crippen molar-refractivity contribution in [2.24, 2.45) is 12.8 Å². The highest BCUT2D eigenvalue weighted by molar-refractivity contribution is 7.12. The van der Waals surface area contributed by atoms with Crippen molar-refractivity contribution in [1.29, 1.82) is 0 Å². The lowest BCUT2D eigenvalue weighted by atomic mass is 10.1. The third-order valence-electron chi connectivity index (χ3n) is 2.80. The minimum Gasteiger partial charge on any atom is -0.323 e. The molecule has 0 amide bonds. The number of aromatic nitrogens is 2. The molecule has 0 aromatic carbocycles. The van der Waals surface area contributed by atoms with Gasteiger partial charge in [-0.25, -0.2) is 0 Å².